The third-order valence-electron chi connectivity index (χ3n) is 5.64. The van der Waals surface area contributed by atoms with Gasteiger partial charge in [0.25, 0.3) is 0 Å². The molecule has 0 aromatic heterocycles. The lowest BCUT2D eigenvalue weighted by atomic mass is 9.94. The second-order valence-electron chi connectivity index (χ2n) is 7.99. The Morgan fingerprint density at radius 1 is 0.767 bits per heavy atom. The van der Waals surface area contributed by atoms with Gasteiger partial charge in [-0.25, -0.2) is 0 Å². The van der Waals surface area contributed by atoms with Gasteiger partial charge in [0.05, 0.1) is 14.2 Å². The molecule has 1 aliphatic rings. The second kappa shape index (κ2) is 9.20. The number of rotatable bonds is 7. The van der Waals surface area contributed by atoms with Gasteiger partial charge in [-0.05, 0) is 48.2 Å². The van der Waals surface area contributed by atoms with E-state index >= 15 is 0 Å². The smallest absolute Gasteiger partial charge is 0.246 e. The molecule has 0 unspecified atom stereocenters. The molecule has 160 valence electrons. The summed E-state index contributed by atoms with van der Waals surface area (Å²) in [4.78, 5) is 30.2. The number of carbonyl (C=O) groups excluding carboxylic acids is 2. The first kappa shape index (κ1) is 21.7. The van der Waals surface area contributed by atoms with Crippen LogP contribution in [0.3, 0.4) is 0 Å². The molecule has 0 bridgehead atoms. The Morgan fingerprint density at radius 2 is 1.20 bits per heavy atom. The average molecular weight is 411 g/mol. The third kappa shape index (κ3) is 4.42. The summed E-state index contributed by atoms with van der Waals surface area (Å²) in [6.07, 6.45) is 0. The molecule has 0 N–H and O–H groups in total. The Morgan fingerprint density at radius 3 is 1.60 bits per heavy atom. The highest BCUT2D eigenvalue weighted by Crippen LogP contribution is 2.27. The van der Waals surface area contributed by atoms with Crippen LogP contribution < -0.4 is 9.47 Å². The Bertz CT molecular complexity index is 877. The molecule has 1 heterocycles. The number of nitrogens with zero attached hydrogens (tertiary/aromatic N) is 2. The molecule has 2 aromatic carbocycles. The molecule has 3 rings (SSSR count). The molecule has 0 saturated carbocycles. The summed E-state index contributed by atoms with van der Waals surface area (Å²) in [5.41, 5.74) is 1.94. The predicted molar refractivity (Wildman–Crippen MR) is 115 cm³/mol. The van der Waals surface area contributed by atoms with Crippen molar-refractivity contribution in [1.29, 1.82) is 0 Å². The van der Waals surface area contributed by atoms with E-state index in [9.17, 15) is 9.59 Å². The fourth-order valence-electron chi connectivity index (χ4n) is 3.90. The maximum absolute atomic E-state index is 13.4. The summed E-state index contributed by atoms with van der Waals surface area (Å²) in [6, 6.07) is 14.2. The lowest BCUT2D eigenvalue weighted by Crippen LogP contribution is -2.64. The molecule has 0 radical (unpaired) electrons. The first-order valence-corrected chi connectivity index (χ1v) is 10.2. The SMILES string of the molecule is COc1ccc(CN2C(=O)[C@H](C)N(Cc3ccc(OC)cc3)C(=O)[C@@H]2C(C)C)cc1. The Labute approximate surface area is 178 Å². The molecule has 30 heavy (non-hydrogen) atoms. The van der Waals surface area contributed by atoms with Gasteiger partial charge in [0.1, 0.15) is 23.6 Å². The molecule has 2 amide bonds. The average Bonchev–Trinajstić information content (AvgIpc) is 2.75. The molecule has 2 atom stereocenters. The number of amides is 2. The number of hydrogen-bond donors (Lipinski definition) is 0. The van der Waals surface area contributed by atoms with Crippen LogP contribution in [0.5, 0.6) is 11.5 Å². The van der Waals surface area contributed by atoms with Gasteiger partial charge in [-0.3, -0.25) is 9.59 Å². The van der Waals surface area contributed by atoms with Crippen molar-refractivity contribution in [3.05, 3.63) is 59.7 Å². The van der Waals surface area contributed by atoms with Crippen molar-refractivity contribution in [2.24, 2.45) is 5.92 Å². The molecule has 0 spiro atoms. The lowest BCUT2D eigenvalue weighted by molar-refractivity contribution is -0.164. The van der Waals surface area contributed by atoms with Crippen LogP contribution in [0, 0.1) is 5.92 Å². The van der Waals surface area contributed by atoms with Crippen LogP contribution in [0.1, 0.15) is 31.9 Å². The summed E-state index contributed by atoms with van der Waals surface area (Å²) in [5, 5.41) is 0. The summed E-state index contributed by atoms with van der Waals surface area (Å²) in [7, 11) is 3.24. The van der Waals surface area contributed by atoms with E-state index in [1.807, 2.05) is 62.4 Å². The van der Waals surface area contributed by atoms with E-state index in [2.05, 4.69) is 0 Å². The first-order valence-electron chi connectivity index (χ1n) is 10.2. The quantitative estimate of drug-likeness (QED) is 0.701. The Hall–Kier alpha value is -3.02. The molecule has 6 nitrogen and oxygen atoms in total. The van der Waals surface area contributed by atoms with Crippen LogP contribution in [0.15, 0.2) is 48.5 Å². The van der Waals surface area contributed by atoms with Crippen molar-refractivity contribution < 1.29 is 19.1 Å². The Balaban J connectivity index is 1.83. The van der Waals surface area contributed by atoms with Crippen molar-refractivity contribution in [2.45, 2.75) is 45.9 Å². The van der Waals surface area contributed by atoms with Gasteiger partial charge in [-0.2, -0.15) is 0 Å². The van der Waals surface area contributed by atoms with Crippen LogP contribution in [0.25, 0.3) is 0 Å². The summed E-state index contributed by atoms with van der Waals surface area (Å²) in [5.74, 6) is 1.49. The fraction of sp³-hybridized carbons (Fsp3) is 0.417. The molecule has 6 heteroatoms. The minimum Gasteiger partial charge on any atom is -0.497 e. The topological polar surface area (TPSA) is 59.1 Å². The van der Waals surface area contributed by atoms with Gasteiger partial charge < -0.3 is 19.3 Å². The number of piperazine rings is 1. The fourth-order valence-corrected chi connectivity index (χ4v) is 3.90. The summed E-state index contributed by atoms with van der Waals surface area (Å²) >= 11 is 0. The van der Waals surface area contributed by atoms with Gasteiger partial charge >= 0.3 is 0 Å². The van der Waals surface area contributed by atoms with Crippen LogP contribution >= 0.6 is 0 Å². The van der Waals surface area contributed by atoms with Crippen molar-refractivity contribution >= 4 is 11.8 Å². The number of hydrogen-bond acceptors (Lipinski definition) is 4. The highest BCUT2D eigenvalue weighted by Gasteiger charge is 2.45. The van der Waals surface area contributed by atoms with Crippen molar-refractivity contribution in [3.8, 4) is 11.5 Å². The third-order valence-corrected chi connectivity index (χ3v) is 5.64. The highest BCUT2D eigenvalue weighted by atomic mass is 16.5. The zero-order valence-electron chi connectivity index (χ0n) is 18.3. The second-order valence-corrected chi connectivity index (χ2v) is 7.99. The minimum absolute atomic E-state index is 0.00515. The molecule has 2 aromatic rings. The van der Waals surface area contributed by atoms with Crippen molar-refractivity contribution in [3.63, 3.8) is 0 Å². The maximum Gasteiger partial charge on any atom is 0.246 e. The lowest BCUT2D eigenvalue weighted by Gasteiger charge is -2.45. The minimum atomic E-state index is -0.521. The van der Waals surface area contributed by atoms with E-state index in [4.69, 9.17) is 9.47 Å². The molecule has 1 saturated heterocycles. The van der Waals surface area contributed by atoms with Crippen LogP contribution in [-0.2, 0) is 22.7 Å². The molecular formula is C24H30N2O4. The maximum atomic E-state index is 13.4. The van der Waals surface area contributed by atoms with E-state index in [-0.39, 0.29) is 17.7 Å². The zero-order chi connectivity index (χ0) is 21.8. The number of ether oxygens (including phenoxy) is 2. The predicted octanol–water partition coefficient (Wildman–Crippen LogP) is 3.49. The Kier molecular flexibility index (Phi) is 6.65. The highest BCUT2D eigenvalue weighted by molar-refractivity contribution is 5.97. The normalized spacial score (nSPS) is 19.4. The van der Waals surface area contributed by atoms with Gasteiger partial charge in [-0.15, -0.1) is 0 Å². The molecular weight excluding hydrogens is 380 g/mol. The molecule has 0 aliphatic carbocycles. The zero-order valence-corrected chi connectivity index (χ0v) is 18.3. The van der Waals surface area contributed by atoms with E-state index < -0.39 is 12.1 Å². The molecule has 1 fully saturated rings. The standard InChI is InChI=1S/C24H30N2O4/c1-16(2)22-24(28)25(14-18-6-10-20(29-4)11-7-18)17(3)23(27)26(22)15-19-8-12-21(30-5)13-9-19/h6-13,16-17,22H,14-15H2,1-5H3/t17-,22-/m0/s1. The van der Waals surface area contributed by atoms with Crippen LogP contribution in [0.4, 0.5) is 0 Å². The number of benzene rings is 2. The van der Waals surface area contributed by atoms with Gasteiger partial charge in [0.15, 0.2) is 0 Å². The summed E-state index contributed by atoms with van der Waals surface area (Å²) < 4.78 is 10.4. The molecule has 1 aliphatic heterocycles. The van der Waals surface area contributed by atoms with Crippen LogP contribution in [0.2, 0.25) is 0 Å². The monoisotopic (exact) mass is 410 g/mol. The van der Waals surface area contributed by atoms with E-state index in [1.165, 1.54) is 0 Å². The number of methoxy groups -OCH3 is 2. The van der Waals surface area contributed by atoms with E-state index in [1.54, 1.807) is 30.9 Å². The van der Waals surface area contributed by atoms with Crippen LogP contribution in [-0.4, -0.2) is 47.9 Å². The van der Waals surface area contributed by atoms with Crippen molar-refractivity contribution in [2.75, 3.05) is 14.2 Å². The van der Waals surface area contributed by atoms with E-state index in [0.29, 0.717) is 13.1 Å². The van der Waals surface area contributed by atoms with Gasteiger partial charge in [-0.1, -0.05) is 38.1 Å². The first-order chi connectivity index (χ1) is 14.3. The van der Waals surface area contributed by atoms with Gasteiger partial charge in [0, 0.05) is 13.1 Å². The summed E-state index contributed by atoms with van der Waals surface area (Å²) in [6.45, 7) is 6.58. The largest absolute Gasteiger partial charge is 0.497 e. The van der Waals surface area contributed by atoms with Gasteiger partial charge in [0.2, 0.25) is 11.8 Å². The number of carbonyl (C=O) groups is 2. The van der Waals surface area contributed by atoms with E-state index in [0.717, 1.165) is 22.6 Å². The van der Waals surface area contributed by atoms with Crippen molar-refractivity contribution in [1.82, 2.24) is 9.80 Å².